The first kappa shape index (κ1) is 14.1. The topological polar surface area (TPSA) is 32.3 Å². The van der Waals surface area contributed by atoms with Gasteiger partial charge in [-0.2, -0.15) is 0 Å². The molecule has 1 aromatic carbocycles. The molecule has 1 N–H and O–H groups in total. The average Bonchev–Trinajstić information content (AvgIpc) is 2.78. The van der Waals surface area contributed by atoms with Gasteiger partial charge in [-0.1, -0.05) is 11.6 Å². The molecular formula is C16H21BrN2O. The third-order valence-electron chi connectivity index (χ3n) is 4.67. The minimum Gasteiger partial charge on any atom is -0.339 e. The zero-order chi connectivity index (χ0) is 14.3. The standard InChI is InChI=1S/C16H21BrN2O/c1-10-3-6-15(17)14(7-10)16(20)19(2)13-8-11-4-5-12(9-13)18-11/h3,6-7,11-13,18H,4-5,8-9H2,1-2H3. The second kappa shape index (κ2) is 5.49. The van der Waals surface area contributed by atoms with Gasteiger partial charge in [-0.25, -0.2) is 0 Å². The number of benzene rings is 1. The number of aryl methyl sites for hydroxylation is 1. The third-order valence-corrected chi connectivity index (χ3v) is 5.36. The maximum atomic E-state index is 12.7. The number of piperidine rings is 1. The maximum Gasteiger partial charge on any atom is 0.255 e. The van der Waals surface area contributed by atoms with Crippen molar-refractivity contribution in [3.63, 3.8) is 0 Å². The summed E-state index contributed by atoms with van der Waals surface area (Å²) >= 11 is 3.50. The fourth-order valence-electron chi connectivity index (χ4n) is 3.50. The Morgan fingerprint density at radius 1 is 1.30 bits per heavy atom. The molecular weight excluding hydrogens is 316 g/mol. The molecule has 2 bridgehead atoms. The van der Waals surface area contributed by atoms with Crippen molar-refractivity contribution in [2.45, 2.75) is 50.7 Å². The number of hydrogen-bond donors (Lipinski definition) is 1. The molecule has 0 aromatic heterocycles. The lowest BCUT2D eigenvalue weighted by Crippen LogP contribution is -2.48. The van der Waals surface area contributed by atoms with Gasteiger partial charge in [-0.05, 0) is 60.7 Å². The Balaban J connectivity index is 1.78. The van der Waals surface area contributed by atoms with Crippen LogP contribution in [-0.4, -0.2) is 36.0 Å². The van der Waals surface area contributed by atoms with Crippen LogP contribution in [0, 0.1) is 6.92 Å². The van der Waals surface area contributed by atoms with E-state index in [2.05, 4.69) is 21.2 Å². The van der Waals surface area contributed by atoms with Crippen LogP contribution in [0.4, 0.5) is 0 Å². The molecule has 2 heterocycles. The SMILES string of the molecule is Cc1ccc(Br)c(C(=O)N(C)C2CC3CCC(C2)N3)c1. The normalized spacial score (nSPS) is 28.4. The summed E-state index contributed by atoms with van der Waals surface area (Å²) in [6.45, 7) is 2.02. The molecule has 2 atom stereocenters. The number of fused-ring (bicyclic) bond motifs is 2. The molecule has 0 radical (unpaired) electrons. The van der Waals surface area contributed by atoms with Crippen molar-refractivity contribution in [3.05, 3.63) is 33.8 Å². The number of halogens is 1. The summed E-state index contributed by atoms with van der Waals surface area (Å²) in [5, 5.41) is 3.63. The lowest BCUT2D eigenvalue weighted by molar-refractivity contribution is 0.0680. The van der Waals surface area contributed by atoms with Crippen LogP contribution >= 0.6 is 15.9 Å². The Bertz CT molecular complexity index is 519. The van der Waals surface area contributed by atoms with E-state index in [-0.39, 0.29) is 5.91 Å². The van der Waals surface area contributed by atoms with Crippen LogP contribution in [0.2, 0.25) is 0 Å². The highest BCUT2D eigenvalue weighted by Crippen LogP contribution is 2.30. The average molecular weight is 337 g/mol. The molecule has 20 heavy (non-hydrogen) atoms. The molecule has 2 unspecified atom stereocenters. The first-order valence-electron chi connectivity index (χ1n) is 7.34. The van der Waals surface area contributed by atoms with Crippen LogP contribution in [0.1, 0.15) is 41.6 Å². The second-order valence-corrected chi connectivity index (χ2v) is 7.02. The first-order chi connectivity index (χ1) is 9.54. The monoisotopic (exact) mass is 336 g/mol. The molecule has 2 fully saturated rings. The van der Waals surface area contributed by atoms with Crippen LogP contribution < -0.4 is 5.32 Å². The number of carbonyl (C=O) groups excluding carboxylic acids is 1. The van der Waals surface area contributed by atoms with Gasteiger partial charge in [-0.3, -0.25) is 4.79 Å². The van der Waals surface area contributed by atoms with E-state index in [1.54, 1.807) is 0 Å². The highest BCUT2D eigenvalue weighted by Gasteiger charge is 2.36. The van der Waals surface area contributed by atoms with Crippen molar-refractivity contribution in [1.29, 1.82) is 0 Å². The van der Waals surface area contributed by atoms with Gasteiger partial charge < -0.3 is 10.2 Å². The number of carbonyl (C=O) groups is 1. The molecule has 0 saturated carbocycles. The summed E-state index contributed by atoms with van der Waals surface area (Å²) in [7, 11) is 1.95. The number of nitrogens with one attached hydrogen (secondary N) is 1. The van der Waals surface area contributed by atoms with Crippen molar-refractivity contribution >= 4 is 21.8 Å². The zero-order valence-corrected chi connectivity index (χ0v) is 13.6. The molecule has 3 rings (SSSR count). The summed E-state index contributed by atoms with van der Waals surface area (Å²) in [5.74, 6) is 0.131. The Morgan fingerprint density at radius 2 is 1.95 bits per heavy atom. The third kappa shape index (κ3) is 2.63. The molecule has 108 valence electrons. The molecule has 2 aliphatic rings. The Morgan fingerprint density at radius 3 is 2.60 bits per heavy atom. The van der Waals surface area contributed by atoms with E-state index < -0.39 is 0 Å². The molecule has 0 aliphatic carbocycles. The van der Waals surface area contributed by atoms with Crippen molar-refractivity contribution in [2.24, 2.45) is 0 Å². The van der Waals surface area contributed by atoms with Gasteiger partial charge in [0.1, 0.15) is 0 Å². The van der Waals surface area contributed by atoms with Crippen LogP contribution in [0.5, 0.6) is 0 Å². The van der Waals surface area contributed by atoms with Gasteiger partial charge in [0.05, 0.1) is 5.56 Å². The number of amides is 1. The zero-order valence-electron chi connectivity index (χ0n) is 12.0. The van der Waals surface area contributed by atoms with E-state index in [0.29, 0.717) is 18.1 Å². The highest BCUT2D eigenvalue weighted by atomic mass is 79.9. The molecule has 0 spiro atoms. The summed E-state index contributed by atoms with van der Waals surface area (Å²) in [5.41, 5.74) is 1.90. The summed E-state index contributed by atoms with van der Waals surface area (Å²) in [4.78, 5) is 14.7. The van der Waals surface area contributed by atoms with E-state index >= 15 is 0 Å². The Hall–Kier alpha value is -0.870. The maximum absolute atomic E-state index is 12.7. The predicted octanol–water partition coefficient (Wildman–Crippen LogP) is 3.11. The second-order valence-electron chi connectivity index (χ2n) is 6.16. The van der Waals surface area contributed by atoms with Gasteiger partial charge in [-0.15, -0.1) is 0 Å². The quantitative estimate of drug-likeness (QED) is 0.899. The van der Waals surface area contributed by atoms with Gasteiger partial charge in [0.2, 0.25) is 0 Å². The first-order valence-corrected chi connectivity index (χ1v) is 8.13. The minimum atomic E-state index is 0.131. The number of nitrogens with zero attached hydrogens (tertiary/aromatic N) is 1. The predicted molar refractivity (Wildman–Crippen MR) is 83.9 cm³/mol. The van der Waals surface area contributed by atoms with Crippen LogP contribution in [-0.2, 0) is 0 Å². The van der Waals surface area contributed by atoms with Crippen molar-refractivity contribution in [1.82, 2.24) is 10.2 Å². The van der Waals surface area contributed by atoms with E-state index in [1.165, 1.54) is 12.8 Å². The molecule has 2 aliphatic heterocycles. The summed E-state index contributed by atoms with van der Waals surface area (Å²) in [6, 6.07) is 7.53. The fourth-order valence-corrected chi connectivity index (χ4v) is 3.92. The van der Waals surface area contributed by atoms with E-state index in [1.807, 2.05) is 37.1 Å². The van der Waals surface area contributed by atoms with E-state index in [4.69, 9.17) is 0 Å². The van der Waals surface area contributed by atoms with Crippen LogP contribution in [0.15, 0.2) is 22.7 Å². The van der Waals surface area contributed by atoms with Crippen molar-refractivity contribution in [3.8, 4) is 0 Å². The fraction of sp³-hybridized carbons (Fsp3) is 0.562. The summed E-state index contributed by atoms with van der Waals surface area (Å²) in [6.07, 6.45) is 4.69. The van der Waals surface area contributed by atoms with Gasteiger partial charge in [0.15, 0.2) is 0 Å². The Kier molecular flexibility index (Phi) is 3.87. The lowest BCUT2D eigenvalue weighted by Gasteiger charge is -2.35. The molecule has 1 aromatic rings. The van der Waals surface area contributed by atoms with E-state index in [0.717, 1.165) is 28.4 Å². The summed E-state index contributed by atoms with van der Waals surface area (Å²) < 4.78 is 0.886. The largest absolute Gasteiger partial charge is 0.339 e. The Labute approximate surface area is 128 Å². The van der Waals surface area contributed by atoms with Gasteiger partial charge >= 0.3 is 0 Å². The number of hydrogen-bond acceptors (Lipinski definition) is 2. The van der Waals surface area contributed by atoms with Crippen molar-refractivity contribution < 1.29 is 4.79 Å². The smallest absolute Gasteiger partial charge is 0.255 e. The van der Waals surface area contributed by atoms with E-state index in [9.17, 15) is 4.79 Å². The van der Waals surface area contributed by atoms with Crippen molar-refractivity contribution in [2.75, 3.05) is 7.05 Å². The molecule has 4 heteroatoms. The van der Waals surface area contributed by atoms with Gasteiger partial charge in [0, 0.05) is 29.6 Å². The number of rotatable bonds is 2. The molecule has 1 amide bonds. The minimum absolute atomic E-state index is 0.131. The van der Waals surface area contributed by atoms with Crippen LogP contribution in [0.3, 0.4) is 0 Å². The lowest BCUT2D eigenvalue weighted by atomic mass is 9.98. The highest BCUT2D eigenvalue weighted by molar-refractivity contribution is 9.10. The van der Waals surface area contributed by atoms with Crippen LogP contribution in [0.25, 0.3) is 0 Å². The molecule has 2 saturated heterocycles. The van der Waals surface area contributed by atoms with Gasteiger partial charge in [0.25, 0.3) is 5.91 Å². The molecule has 3 nitrogen and oxygen atoms in total.